The molecule has 1 fully saturated rings. The van der Waals surface area contributed by atoms with Gasteiger partial charge < -0.3 is 10.2 Å². The summed E-state index contributed by atoms with van der Waals surface area (Å²) in [6, 6.07) is 3.61. The fraction of sp³-hybridized carbons (Fsp3) is 0.500. The number of nitrogens with one attached hydrogen (secondary N) is 1. The van der Waals surface area contributed by atoms with E-state index >= 15 is 0 Å². The number of hydrogen-bond acceptors (Lipinski definition) is 3. The Kier molecular flexibility index (Phi) is 5.90. The Morgan fingerprint density at radius 1 is 1.35 bits per heavy atom. The van der Waals surface area contributed by atoms with Crippen molar-refractivity contribution in [1.29, 1.82) is 0 Å². The predicted octanol–water partition coefficient (Wildman–Crippen LogP) is 2.40. The van der Waals surface area contributed by atoms with Crippen molar-refractivity contribution in [3.05, 3.63) is 41.7 Å². The van der Waals surface area contributed by atoms with Gasteiger partial charge in [-0.1, -0.05) is 19.4 Å². The molecule has 0 saturated carbocycles. The van der Waals surface area contributed by atoms with Gasteiger partial charge in [0.2, 0.25) is 5.91 Å². The van der Waals surface area contributed by atoms with Crippen molar-refractivity contribution >= 4 is 11.8 Å². The van der Waals surface area contributed by atoms with E-state index in [0.29, 0.717) is 24.6 Å². The van der Waals surface area contributed by atoms with Gasteiger partial charge in [0.15, 0.2) is 0 Å². The lowest BCUT2D eigenvalue weighted by Gasteiger charge is -2.32. The molecule has 1 N–H and O–H groups in total. The molecule has 2 heterocycles. The molecule has 1 aliphatic heterocycles. The first-order valence-electron chi connectivity index (χ1n) is 8.15. The molecule has 0 spiro atoms. The van der Waals surface area contributed by atoms with Crippen molar-refractivity contribution in [1.82, 2.24) is 15.2 Å². The van der Waals surface area contributed by atoms with Crippen molar-refractivity contribution in [3.63, 3.8) is 0 Å². The number of carbonyl (C=O) groups excluding carboxylic acids is 2. The molecular weight excluding hydrogens is 290 g/mol. The molecular formula is C18H25N3O2. The summed E-state index contributed by atoms with van der Waals surface area (Å²) in [7, 11) is 0. The molecule has 5 nitrogen and oxygen atoms in total. The van der Waals surface area contributed by atoms with E-state index in [9.17, 15) is 9.59 Å². The summed E-state index contributed by atoms with van der Waals surface area (Å²) >= 11 is 0. The van der Waals surface area contributed by atoms with Crippen molar-refractivity contribution < 1.29 is 9.59 Å². The molecule has 23 heavy (non-hydrogen) atoms. The Morgan fingerprint density at radius 3 is 2.61 bits per heavy atom. The largest absolute Gasteiger partial charge is 0.349 e. The van der Waals surface area contributed by atoms with E-state index in [-0.39, 0.29) is 17.9 Å². The SMILES string of the molecule is C/C(=C\C(=O)N1CCC(NC(=O)c2cccnc2)CC1)C(C)C. The van der Waals surface area contributed by atoms with Gasteiger partial charge in [-0.05, 0) is 37.8 Å². The van der Waals surface area contributed by atoms with Crippen LogP contribution < -0.4 is 5.32 Å². The van der Waals surface area contributed by atoms with Gasteiger partial charge in [-0.3, -0.25) is 14.6 Å². The molecule has 2 amide bonds. The second kappa shape index (κ2) is 7.90. The van der Waals surface area contributed by atoms with Crippen molar-refractivity contribution in [2.75, 3.05) is 13.1 Å². The van der Waals surface area contributed by atoms with Crippen LogP contribution in [0.5, 0.6) is 0 Å². The third-order valence-corrected chi connectivity index (χ3v) is 4.33. The average molecular weight is 315 g/mol. The van der Waals surface area contributed by atoms with Gasteiger partial charge in [0.05, 0.1) is 5.56 Å². The number of carbonyl (C=O) groups is 2. The van der Waals surface area contributed by atoms with E-state index in [2.05, 4.69) is 24.1 Å². The monoisotopic (exact) mass is 315 g/mol. The minimum Gasteiger partial charge on any atom is -0.349 e. The first-order valence-corrected chi connectivity index (χ1v) is 8.15. The van der Waals surface area contributed by atoms with Gasteiger partial charge >= 0.3 is 0 Å². The van der Waals surface area contributed by atoms with Crippen LogP contribution in [0.4, 0.5) is 0 Å². The molecule has 124 valence electrons. The molecule has 0 radical (unpaired) electrons. The Bertz CT molecular complexity index is 573. The Hall–Kier alpha value is -2.17. The van der Waals surface area contributed by atoms with Crippen molar-refractivity contribution in [2.45, 2.75) is 39.7 Å². The molecule has 1 aliphatic rings. The fourth-order valence-corrected chi connectivity index (χ4v) is 2.46. The standard InChI is InChI=1S/C18H25N3O2/c1-13(2)14(3)11-17(22)21-9-6-16(7-10-21)20-18(23)15-5-4-8-19-12-15/h4-5,8,11-13,16H,6-7,9-10H2,1-3H3,(H,20,23)/b14-11+. The molecule has 1 aromatic rings. The summed E-state index contributed by atoms with van der Waals surface area (Å²) in [5.74, 6) is 0.363. The molecule has 1 saturated heterocycles. The molecule has 5 heteroatoms. The van der Waals surface area contributed by atoms with Crippen LogP contribution in [0.3, 0.4) is 0 Å². The molecule has 0 atom stereocenters. The number of rotatable bonds is 4. The van der Waals surface area contributed by atoms with E-state index < -0.39 is 0 Å². The minimum absolute atomic E-state index is 0.0771. The van der Waals surface area contributed by atoms with Crippen LogP contribution in [0.1, 0.15) is 44.0 Å². The zero-order valence-electron chi connectivity index (χ0n) is 14.1. The molecule has 0 aromatic carbocycles. The number of pyridine rings is 1. The number of allylic oxidation sites excluding steroid dienone is 1. The summed E-state index contributed by atoms with van der Waals surface area (Å²) in [5.41, 5.74) is 1.67. The first kappa shape index (κ1) is 17.2. The predicted molar refractivity (Wildman–Crippen MR) is 89.9 cm³/mol. The highest BCUT2D eigenvalue weighted by Crippen LogP contribution is 2.14. The second-order valence-corrected chi connectivity index (χ2v) is 6.36. The van der Waals surface area contributed by atoms with Crippen molar-refractivity contribution in [3.8, 4) is 0 Å². The fourth-order valence-electron chi connectivity index (χ4n) is 2.46. The van der Waals surface area contributed by atoms with E-state index in [1.165, 1.54) is 0 Å². The summed E-state index contributed by atoms with van der Waals surface area (Å²) < 4.78 is 0. The average Bonchev–Trinajstić information content (AvgIpc) is 2.56. The summed E-state index contributed by atoms with van der Waals surface area (Å²) in [6.45, 7) is 7.51. The lowest BCUT2D eigenvalue weighted by Crippen LogP contribution is -2.46. The maximum Gasteiger partial charge on any atom is 0.253 e. The number of piperidine rings is 1. The van der Waals surface area contributed by atoms with Gasteiger partial charge in [-0.15, -0.1) is 0 Å². The van der Waals surface area contributed by atoms with Crippen LogP contribution >= 0.6 is 0 Å². The van der Waals surface area contributed by atoms with E-state index in [1.807, 2.05) is 11.8 Å². The normalized spacial score (nSPS) is 16.5. The lowest BCUT2D eigenvalue weighted by molar-refractivity contribution is -0.127. The second-order valence-electron chi connectivity index (χ2n) is 6.36. The lowest BCUT2D eigenvalue weighted by atomic mass is 10.0. The summed E-state index contributed by atoms with van der Waals surface area (Å²) in [5, 5.41) is 3.02. The van der Waals surface area contributed by atoms with Crippen molar-refractivity contribution in [2.24, 2.45) is 5.92 Å². The number of aromatic nitrogens is 1. The Labute approximate surface area is 137 Å². The van der Waals surface area contributed by atoms with E-state index in [0.717, 1.165) is 18.4 Å². The van der Waals surface area contributed by atoms with Crippen LogP contribution in [0, 0.1) is 5.92 Å². The zero-order chi connectivity index (χ0) is 16.8. The number of amides is 2. The van der Waals surface area contributed by atoms with E-state index in [4.69, 9.17) is 0 Å². The van der Waals surface area contributed by atoms with Crippen LogP contribution in [0.25, 0.3) is 0 Å². The quantitative estimate of drug-likeness (QED) is 0.868. The van der Waals surface area contributed by atoms with Crippen LogP contribution in [-0.2, 0) is 4.79 Å². The maximum atomic E-state index is 12.2. The third-order valence-electron chi connectivity index (χ3n) is 4.33. The van der Waals surface area contributed by atoms with Crippen LogP contribution in [0.15, 0.2) is 36.2 Å². The number of nitrogens with zero attached hydrogens (tertiary/aromatic N) is 2. The van der Waals surface area contributed by atoms with Gasteiger partial charge in [0.1, 0.15) is 0 Å². The van der Waals surface area contributed by atoms with Gasteiger partial charge in [-0.2, -0.15) is 0 Å². The number of hydrogen-bond donors (Lipinski definition) is 1. The molecule has 2 rings (SSSR count). The van der Waals surface area contributed by atoms with Gasteiger partial charge in [0, 0.05) is 37.6 Å². The topological polar surface area (TPSA) is 62.3 Å². The van der Waals surface area contributed by atoms with Gasteiger partial charge in [-0.25, -0.2) is 0 Å². The summed E-state index contributed by atoms with van der Waals surface area (Å²) in [4.78, 5) is 30.1. The highest BCUT2D eigenvalue weighted by molar-refractivity contribution is 5.94. The number of likely N-dealkylation sites (tertiary alicyclic amines) is 1. The smallest absolute Gasteiger partial charge is 0.253 e. The highest BCUT2D eigenvalue weighted by atomic mass is 16.2. The molecule has 1 aromatic heterocycles. The van der Waals surface area contributed by atoms with E-state index in [1.54, 1.807) is 30.6 Å². The van der Waals surface area contributed by atoms with Crippen LogP contribution in [-0.4, -0.2) is 40.8 Å². The van der Waals surface area contributed by atoms with Gasteiger partial charge in [0.25, 0.3) is 5.91 Å². The third kappa shape index (κ3) is 4.91. The minimum atomic E-state index is -0.0987. The van der Waals surface area contributed by atoms with Crippen LogP contribution in [0.2, 0.25) is 0 Å². The molecule has 0 aliphatic carbocycles. The first-order chi connectivity index (χ1) is 11.0. The highest BCUT2D eigenvalue weighted by Gasteiger charge is 2.23. The molecule has 0 bridgehead atoms. The summed E-state index contributed by atoms with van der Waals surface area (Å²) in [6.07, 6.45) is 6.51. The zero-order valence-corrected chi connectivity index (χ0v) is 14.1. The molecule has 0 unspecified atom stereocenters. The Morgan fingerprint density at radius 2 is 2.04 bits per heavy atom. The Balaban J connectivity index is 1.83. The maximum absolute atomic E-state index is 12.2.